The van der Waals surface area contributed by atoms with Crippen molar-refractivity contribution in [3.05, 3.63) is 31.2 Å². The Hall–Kier alpha value is -0.0500. The quantitative estimate of drug-likeness (QED) is 0.530. The molecule has 1 aromatic heterocycles. The normalized spacial score (nSPS) is 10.9. The van der Waals surface area contributed by atoms with Crippen LogP contribution >= 0.6 is 49.9 Å². The van der Waals surface area contributed by atoms with Gasteiger partial charge in [-0.05, 0) is 53.8 Å². The van der Waals surface area contributed by atoms with Gasteiger partial charge in [-0.15, -0.1) is 10.2 Å². The zero-order chi connectivity index (χ0) is 13.7. The first-order valence-electron chi connectivity index (χ1n) is 6.19. The topological polar surface area (TPSA) is 37.8 Å². The summed E-state index contributed by atoms with van der Waals surface area (Å²) < 4.78 is 2.27. The van der Waals surface area contributed by atoms with E-state index in [2.05, 4.69) is 79.2 Å². The van der Waals surface area contributed by atoms with Gasteiger partial charge in [0.2, 0.25) is 0 Å². The van der Waals surface area contributed by atoms with Crippen LogP contribution in [-0.4, -0.2) is 23.3 Å². The standard InChI is InChI=1S/C13H15BrIN3S/c1-2-6-16-7-5-12-17-18-13(19-12)10-8-9(15)3-4-11(10)14/h3-4,8,16H,2,5-7H2,1H3. The number of nitrogens with one attached hydrogen (secondary N) is 1. The average Bonchev–Trinajstić information content (AvgIpc) is 2.86. The van der Waals surface area contributed by atoms with E-state index in [0.29, 0.717) is 0 Å². The third-order valence-corrected chi connectivity index (χ3v) is 4.95. The Balaban J connectivity index is 2.06. The van der Waals surface area contributed by atoms with E-state index in [1.54, 1.807) is 11.3 Å². The van der Waals surface area contributed by atoms with Crippen molar-refractivity contribution in [2.45, 2.75) is 19.8 Å². The minimum absolute atomic E-state index is 0.944. The number of benzene rings is 1. The van der Waals surface area contributed by atoms with E-state index >= 15 is 0 Å². The minimum Gasteiger partial charge on any atom is -0.316 e. The summed E-state index contributed by atoms with van der Waals surface area (Å²) in [6.45, 7) is 4.20. The Morgan fingerprint density at radius 1 is 1.32 bits per heavy atom. The molecule has 1 N–H and O–H groups in total. The fraction of sp³-hybridized carbons (Fsp3) is 0.385. The molecule has 102 valence electrons. The van der Waals surface area contributed by atoms with Crippen LogP contribution in [-0.2, 0) is 6.42 Å². The molecule has 0 spiro atoms. The lowest BCUT2D eigenvalue weighted by molar-refractivity contribution is 0.668. The van der Waals surface area contributed by atoms with E-state index in [1.165, 1.54) is 3.57 Å². The molecule has 0 aliphatic rings. The zero-order valence-corrected chi connectivity index (χ0v) is 15.2. The number of aromatic nitrogens is 2. The molecule has 1 aromatic carbocycles. The van der Waals surface area contributed by atoms with Crippen molar-refractivity contribution in [2.75, 3.05) is 13.1 Å². The van der Waals surface area contributed by atoms with Crippen molar-refractivity contribution in [1.29, 1.82) is 0 Å². The molecule has 0 aliphatic carbocycles. The molecule has 0 saturated carbocycles. The molecule has 0 unspecified atom stereocenters. The van der Waals surface area contributed by atoms with Crippen LogP contribution in [0.5, 0.6) is 0 Å². The fourth-order valence-electron chi connectivity index (χ4n) is 1.62. The molecular weight excluding hydrogens is 437 g/mol. The SMILES string of the molecule is CCCNCCc1nnc(-c2cc(I)ccc2Br)s1. The second-order valence-electron chi connectivity index (χ2n) is 4.13. The predicted molar refractivity (Wildman–Crippen MR) is 92.6 cm³/mol. The predicted octanol–water partition coefficient (Wildman–Crippen LogP) is 4.11. The van der Waals surface area contributed by atoms with Gasteiger partial charge in [0, 0.05) is 26.6 Å². The molecule has 2 rings (SSSR count). The van der Waals surface area contributed by atoms with Crippen LogP contribution in [0, 0.1) is 3.57 Å². The summed E-state index contributed by atoms with van der Waals surface area (Å²) in [6, 6.07) is 6.26. The molecule has 0 fully saturated rings. The summed E-state index contributed by atoms with van der Waals surface area (Å²) in [7, 11) is 0. The van der Waals surface area contributed by atoms with Crippen LogP contribution < -0.4 is 5.32 Å². The van der Waals surface area contributed by atoms with E-state index in [0.717, 1.165) is 46.0 Å². The molecule has 0 saturated heterocycles. The number of rotatable bonds is 6. The van der Waals surface area contributed by atoms with E-state index in [1.807, 2.05) is 0 Å². The molecule has 1 heterocycles. The van der Waals surface area contributed by atoms with Crippen LogP contribution in [0.4, 0.5) is 0 Å². The molecule has 0 radical (unpaired) electrons. The highest BCUT2D eigenvalue weighted by Gasteiger charge is 2.10. The number of nitrogens with zero attached hydrogens (tertiary/aromatic N) is 2. The summed E-state index contributed by atoms with van der Waals surface area (Å²) in [5.74, 6) is 0. The lowest BCUT2D eigenvalue weighted by atomic mass is 10.2. The summed E-state index contributed by atoms with van der Waals surface area (Å²) in [5.41, 5.74) is 1.12. The lowest BCUT2D eigenvalue weighted by Gasteiger charge is -2.00. The Labute approximate surface area is 139 Å². The third kappa shape index (κ3) is 4.47. The first kappa shape index (κ1) is 15.3. The highest BCUT2D eigenvalue weighted by atomic mass is 127. The van der Waals surface area contributed by atoms with E-state index in [-0.39, 0.29) is 0 Å². The summed E-state index contributed by atoms with van der Waals surface area (Å²) in [4.78, 5) is 0. The highest BCUT2D eigenvalue weighted by molar-refractivity contribution is 14.1. The summed E-state index contributed by atoms with van der Waals surface area (Å²) >= 11 is 7.56. The number of halogens is 2. The molecule has 6 heteroatoms. The van der Waals surface area contributed by atoms with Gasteiger partial charge < -0.3 is 5.32 Å². The van der Waals surface area contributed by atoms with Crippen molar-refractivity contribution in [3.63, 3.8) is 0 Å². The van der Waals surface area contributed by atoms with Gasteiger partial charge in [0.05, 0.1) is 0 Å². The van der Waals surface area contributed by atoms with Crippen LogP contribution in [0.3, 0.4) is 0 Å². The van der Waals surface area contributed by atoms with Crippen molar-refractivity contribution >= 4 is 49.9 Å². The van der Waals surface area contributed by atoms with Gasteiger partial charge in [-0.2, -0.15) is 0 Å². The van der Waals surface area contributed by atoms with E-state index in [4.69, 9.17) is 0 Å². The maximum atomic E-state index is 4.29. The van der Waals surface area contributed by atoms with Crippen molar-refractivity contribution in [1.82, 2.24) is 15.5 Å². The van der Waals surface area contributed by atoms with Crippen molar-refractivity contribution < 1.29 is 0 Å². The smallest absolute Gasteiger partial charge is 0.148 e. The highest BCUT2D eigenvalue weighted by Crippen LogP contribution is 2.31. The first-order valence-corrected chi connectivity index (χ1v) is 8.88. The van der Waals surface area contributed by atoms with Crippen LogP contribution in [0.1, 0.15) is 18.4 Å². The van der Waals surface area contributed by atoms with Gasteiger partial charge in [0.25, 0.3) is 0 Å². The van der Waals surface area contributed by atoms with Crippen molar-refractivity contribution in [2.24, 2.45) is 0 Å². The Bertz CT molecular complexity index is 544. The van der Waals surface area contributed by atoms with Gasteiger partial charge in [0.15, 0.2) is 0 Å². The second-order valence-corrected chi connectivity index (χ2v) is 7.29. The van der Waals surface area contributed by atoms with Crippen LogP contribution in [0.25, 0.3) is 10.6 Å². The van der Waals surface area contributed by atoms with Gasteiger partial charge in [-0.25, -0.2) is 0 Å². The van der Waals surface area contributed by atoms with Gasteiger partial charge in [-0.3, -0.25) is 0 Å². The molecule has 0 aliphatic heterocycles. The number of hydrogen-bond donors (Lipinski definition) is 1. The second kappa shape index (κ2) is 7.66. The average molecular weight is 452 g/mol. The fourth-order valence-corrected chi connectivity index (χ4v) is 3.55. The lowest BCUT2D eigenvalue weighted by Crippen LogP contribution is -2.17. The maximum absolute atomic E-state index is 4.29. The van der Waals surface area contributed by atoms with Crippen LogP contribution in [0.2, 0.25) is 0 Å². The Kier molecular flexibility index (Phi) is 6.18. The Morgan fingerprint density at radius 2 is 2.16 bits per heavy atom. The Morgan fingerprint density at radius 3 is 2.95 bits per heavy atom. The molecule has 0 bridgehead atoms. The van der Waals surface area contributed by atoms with Gasteiger partial charge in [0.1, 0.15) is 10.0 Å². The van der Waals surface area contributed by atoms with E-state index in [9.17, 15) is 0 Å². The molecule has 0 amide bonds. The molecule has 19 heavy (non-hydrogen) atoms. The summed E-state index contributed by atoms with van der Waals surface area (Å²) in [6.07, 6.45) is 2.11. The number of hydrogen-bond acceptors (Lipinski definition) is 4. The minimum atomic E-state index is 0.944. The molecular formula is C13H15BrIN3S. The van der Waals surface area contributed by atoms with Crippen molar-refractivity contribution in [3.8, 4) is 10.6 Å². The largest absolute Gasteiger partial charge is 0.316 e. The summed E-state index contributed by atoms with van der Waals surface area (Å²) in [5, 5.41) is 14.0. The first-order chi connectivity index (χ1) is 9.20. The van der Waals surface area contributed by atoms with E-state index < -0.39 is 0 Å². The third-order valence-electron chi connectivity index (χ3n) is 2.57. The van der Waals surface area contributed by atoms with Crippen LogP contribution in [0.15, 0.2) is 22.7 Å². The molecule has 3 nitrogen and oxygen atoms in total. The molecule has 2 aromatic rings. The zero-order valence-electron chi connectivity index (χ0n) is 10.6. The monoisotopic (exact) mass is 451 g/mol. The van der Waals surface area contributed by atoms with Gasteiger partial charge in [-0.1, -0.05) is 34.2 Å². The van der Waals surface area contributed by atoms with Gasteiger partial charge >= 0.3 is 0 Å². The molecule has 0 atom stereocenters. The maximum Gasteiger partial charge on any atom is 0.148 e.